The average molecular weight is 323 g/mol. The summed E-state index contributed by atoms with van der Waals surface area (Å²) in [6.45, 7) is 8.04. The molecule has 3 aliphatic heterocycles. The number of ether oxygens (including phenoxy) is 1. The third kappa shape index (κ3) is 3.69. The predicted molar refractivity (Wildman–Crippen MR) is 87.0 cm³/mol. The maximum absolute atomic E-state index is 12.6. The van der Waals surface area contributed by atoms with Crippen LogP contribution in [0.25, 0.3) is 0 Å². The average Bonchev–Trinajstić information content (AvgIpc) is 3.15. The van der Waals surface area contributed by atoms with Crippen LogP contribution >= 0.6 is 0 Å². The molecular formula is C17H29N3O3. The molecular weight excluding hydrogens is 294 g/mol. The summed E-state index contributed by atoms with van der Waals surface area (Å²) in [6, 6.07) is 0.648. The highest BCUT2D eigenvalue weighted by atomic mass is 16.5. The standard InChI is InChI=1S/C17H29N3O3/c1-13-11-19(9-10-23-13)17(22)12-18-7-3-5-15(18)16-6-4-8-20(16)14(2)21/h13,15-16H,3-12H2,1-2H3/t13-,15+,16-/m1/s1. The summed E-state index contributed by atoms with van der Waals surface area (Å²) in [6.07, 6.45) is 4.51. The topological polar surface area (TPSA) is 53.1 Å². The summed E-state index contributed by atoms with van der Waals surface area (Å²) < 4.78 is 5.52. The van der Waals surface area contributed by atoms with E-state index in [1.165, 1.54) is 0 Å². The number of hydrogen-bond acceptors (Lipinski definition) is 4. The Kier molecular flexibility index (Phi) is 5.21. The quantitative estimate of drug-likeness (QED) is 0.767. The van der Waals surface area contributed by atoms with E-state index in [1.54, 1.807) is 6.92 Å². The molecule has 0 aromatic rings. The molecule has 0 unspecified atom stereocenters. The van der Waals surface area contributed by atoms with Crippen LogP contribution in [0.3, 0.4) is 0 Å². The molecule has 23 heavy (non-hydrogen) atoms. The number of morpholine rings is 1. The first-order chi connectivity index (χ1) is 11.1. The van der Waals surface area contributed by atoms with Crippen molar-refractivity contribution >= 4 is 11.8 Å². The first-order valence-electron chi connectivity index (χ1n) is 8.97. The fourth-order valence-electron chi connectivity index (χ4n) is 4.39. The highest BCUT2D eigenvalue weighted by Crippen LogP contribution is 2.30. The molecule has 0 saturated carbocycles. The van der Waals surface area contributed by atoms with Crippen LogP contribution in [0, 0.1) is 0 Å². The molecule has 0 aromatic heterocycles. The van der Waals surface area contributed by atoms with Crippen LogP contribution in [0.2, 0.25) is 0 Å². The number of likely N-dealkylation sites (tertiary alicyclic amines) is 2. The number of hydrogen-bond donors (Lipinski definition) is 0. The third-order valence-corrected chi connectivity index (χ3v) is 5.49. The molecule has 130 valence electrons. The van der Waals surface area contributed by atoms with Gasteiger partial charge in [0.15, 0.2) is 0 Å². The lowest BCUT2D eigenvalue weighted by Crippen LogP contribution is -2.52. The molecule has 6 nitrogen and oxygen atoms in total. The Morgan fingerprint density at radius 3 is 2.57 bits per heavy atom. The van der Waals surface area contributed by atoms with Crippen LogP contribution in [0.4, 0.5) is 0 Å². The van der Waals surface area contributed by atoms with Crippen molar-refractivity contribution in [1.82, 2.24) is 14.7 Å². The van der Waals surface area contributed by atoms with Crippen molar-refractivity contribution in [2.45, 2.75) is 57.7 Å². The van der Waals surface area contributed by atoms with E-state index in [4.69, 9.17) is 4.74 Å². The van der Waals surface area contributed by atoms with Crippen LogP contribution in [0.15, 0.2) is 0 Å². The molecule has 0 aliphatic carbocycles. The Hall–Kier alpha value is -1.14. The second kappa shape index (κ2) is 7.18. The molecule has 3 rings (SSSR count). The van der Waals surface area contributed by atoms with Gasteiger partial charge in [-0.15, -0.1) is 0 Å². The number of carbonyl (C=O) groups excluding carboxylic acids is 2. The molecule has 3 aliphatic rings. The molecule has 0 N–H and O–H groups in total. The van der Waals surface area contributed by atoms with E-state index in [0.717, 1.165) is 38.8 Å². The summed E-state index contributed by atoms with van der Waals surface area (Å²) in [5.74, 6) is 0.382. The van der Waals surface area contributed by atoms with Crippen molar-refractivity contribution in [2.75, 3.05) is 39.3 Å². The lowest BCUT2D eigenvalue weighted by molar-refractivity contribution is -0.140. The third-order valence-electron chi connectivity index (χ3n) is 5.49. The smallest absolute Gasteiger partial charge is 0.236 e. The zero-order valence-electron chi connectivity index (χ0n) is 14.4. The Morgan fingerprint density at radius 1 is 1.09 bits per heavy atom. The van der Waals surface area contributed by atoms with Crippen LogP contribution in [0.5, 0.6) is 0 Å². The normalized spacial score (nSPS) is 32.5. The number of amides is 2. The van der Waals surface area contributed by atoms with Crippen LogP contribution in [0.1, 0.15) is 39.5 Å². The van der Waals surface area contributed by atoms with Gasteiger partial charge in [0.2, 0.25) is 11.8 Å². The van der Waals surface area contributed by atoms with Crippen LogP contribution in [-0.2, 0) is 14.3 Å². The van der Waals surface area contributed by atoms with Gasteiger partial charge in [-0.25, -0.2) is 0 Å². The van der Waals surface area contributed by atoms with Gasteiger partial charge in [0.05, 0.1) is 19.3 Å². The van der Waals surface area contributed by atoms with Crippen molar-refractivity contribution < 1.29 is 14.3 Å². The van der Waals surface area contributed by atoms with Gasteiger partial charge in [-0.3, -0.25) is 14.5 Å². The number of carbonyl (C=O) groups is 2. The molecule has 2 amide bonds. The van der Waals surface area contributed by atoms with Gasteiger partial charge in [0.1, 0.15) is 0 Å². The summed E-state index contributed by atoms with van der Waals surface area (Å²) >= 11 is 0. The van der Waals surface area contributed by atoms with E-state index in [-0.39, 0.29) is 17.9 Å². The van der Waals surface area contributed by atoms with Crippen molar-refractivity contribution in [1.29, 1.82) is 0 Å². The summed E-state index contributed by atoms with van der Waals surface area (Å²) in [7, 11) is 0. The van der Waals surface area contributed by atoms with E-state index in [9.17, 15) is 9.59 Å². The van der Waals surface area contributed by atoms with Crippen LogP contribution < -0.4 is 0 Å². The number of rotatable bonds is 3. The van der Waals surface area contributed by atoms with E-state index >= 15 is 0 Å². The lowest BCUT2D eigenvalue weighted by atomic mass is 10.0. The monoisotopic (exact) mass is 323 g/mol. The molecule has 0 radical (unpaired) electrons. The van der Waals surface area contributed by atoms with Gasteiger partial charge in [-0.2, -0.15) is 0 Å². The van der Waals surface area contributed by atoms with Crippen molar-refractivity contribution in [2.24, 2.45) is 0 Å². The second-order valence-corrected chi connectivity index (χ2v) is 7.12. The predicted octanol–water partition coefficient (Wildman–Crippen LogP) is 0.709. The Morgan fingerprint density at radius 2 is 1.83 bits per heavy atom. The van der Waals surface area contributed by atoms with E-state index in [1.807, 2.05) is 16.7 Å². The number of nitrogens with zero attached hydrogens (tertiary/aromatic N) is 3. The largest absolute Gasteiger partial charge is 0.375 e. The van der Waals surface area contributed by atoms with Crippen molar-refractivity contribution in [3.63, 3.8) is 0 Å². The summed E-state index contributed by atoms with van der Waals surface area (Å²) in [4.78, 5) is 30.7. The molecule has 3 atom stereocenters. The first kappa shape index (κ1) is 16.7. The summed E-state index contributed by atoms with van der Waals surface area (Å²) in [5, 5.41) is 0. The van der Waals surface area contributed by atoms with E-state index in [0.29, 0.717) is 38.3 Å². The maximum Gasteiger partial charge on any atom is 0.236 e. The van der Waals surface area contributed by atoms with Crippen molar-refractivity contribution in [3.8, 4) is 0 Å². The van der Waals surface area contributed by atoms with Gasteiger partial charge in [-0.05, 0) is 39.2 Å². The maximum atomic E-state index is 12.6. The highest BCUT2D eigenvalue weighted by Gasteiger charge is 2.39. The fraction of sp³-hybridized carbons (Fsp3) is 0.882. The van der Waals surface area contributed by atoms with Gasteiger partial charge in [-0.1, -0.05) is 0 Å². The Labute approximate surface area is 138 Å². The fourth-order valence-corrected chi connectivity index (χ4v) is 4.39. The molecule has 0 aromatic carbocycles. The molecule has 3 fully saturated rings. The molecule has 3 saturated heterocycles. The van der Waals surface area contributed by atoms with Gasteiger partial charge in [0.25, 0.3) is 0 Å². The zero-order valence-corrected chi connectivity index (χ0v) is 14.4. The first-order valence-corrected chi connectivity index (χ1v) is 8.97. The van der Waals surface area contributed by atoms with E-state index in [2.05, 4.69) is 4.90 Å². The van der Waals surface area contributed by atoms with Gasteiger partial charge >= 0.3 is 0 Å². The molecule has 0 spiro atoms. The van der Waals surface area contributed by atoms with Crippen molar-refractivity contribution in [3.05, 3.63) is 0 Å². The lowest BCUT2D eigenvalue weighted by Gasteiger charge is -2.36. The van der Waals surface area contributed by atoms with Crippen LogP contribution in [-0.4, -0.2) is 84.0 Å². The SMILES string of the molecule is CC(=O)N1CCC[C@@H]1[C@@H]1CCCN1CC(=O)N1CCO[C@H](C)C1. The van der Waals surface area contributed by atoms with Gasteiger partial charge in [0, 0.05) is 38.6 Å². The highest BCUT2D eigenvalue weighted by molar-refractivity contribution is 5.78. The second-order valence-electron chi connectivity index (χ2n) is 7.12. The minimum Gasteiger partial charge on any atom is -0.375 e. The van der Waals surface area contributed by atoms with E-state index < -0.39 is 0 Å². The molecule has 3 heterocycles. The minimum atomic E-state index is 0.130. The zero-order chi connectivity index (χ0) is 16.4. The molecule has 0 bridgehead atoms. The minimum absolute atomic E-state index is 0.130. The molecule has 6 heteroatoms. The summed E-state index contributed by atoms with van der Waals surface area (Å²) in [5.41, 5.74) is 0. The Bertz CT molecular complexity index is 456. The Balaban J connectivity index is 1.60. The van der Waals surface area contributed by atoms with Gasteiger partial charge < -0.3 is 14.5 Å².